The monoisotopic (exact) mass is 426 g/mol. The third kappa shape index (κ3) is 9.80. The maximum Gasteiger partial charge on any atom is 0.407 e. The molecule has 0 spiro atoms. The van der Waals surface area contributed by atoms with E-state index < -0.39 is 18.1 Å². The molecular weight excluding hydrogens is 396 g/mol. The minimum atomic E-state index is -0.707. The molecule has 0 heterocycles. The first-order valence-corrected chi connectivity index (χ1v) is 10.4. The average Bonchev–Trinajstić information content (AvgIpc) is 2.80. The van der Waals surface area contributed by atoms with Crippen molar-refractivity contribution >= 4 is 18.0 Å². The van der Waals surface area contributed by atoms with Gasteiger partial charge in [0.1, 0.15) is 12.6 Å². The van der Waals surface area contributed by atoms with Crippen LogP contribution in [0.15, 0.2) is 60.7 Å². The third-order valence-electron chi connectivity index (χ3n) is 4.67. The maximum absolute atomic E-state index is 12.2. The molecule has 0 radical (unpaired) electrons. The van der Waals surface area contributed by atoms with E-state index in [9.17, 15) is 14.4 Å². The largest absolute Gasteiger partial charge is 0.467 e. The molecule has 2 N–H and O–H groups in total. The molecule has 0 fully saturated rings. The van der Waals surface area contributed by atoms with Gasteiger partial charge in [-0.1, -0.05) is 67.1 Å². The number of esters is 1. The summed E-state index contributed by atoms with van der Waals surface area (Å²) in [5, 5.41) is 5.45. The molecule has 2 aromatic carbocycles. The Balaban J connectivity index is 1.58. The van der Waals surface area contributed by atoms with Crippen LogP contribution >= 0.6 is 0 Å². The van der Waals surface area contributed by atoms with Gasteiger partial charge in [0.2, 0.25) is 5.91 Å². The number of carbonyl (C=O) groups excluding carboxylic acids is 3. The Morgan fingerprint density at radius 1 is 0.871 bits per heavy atom. The summed E-state index contributed by atoms with van der Waals surface area (Å²) in [7, 11) is 1.31. The molecule has 0 saturated heterocycles. The summed E-state index contributed by atoms with van der Waals surface area (Å²) in [5.41, 5.74) is 1.88. The summed E-state index contributed by atoms with van der Waals surface area (Å²) < 4.78 is 9.95. The highest BCUT2D eigenvalue weighted by molar-refractivity contribution is 5.84. The summed E-state index contributed by atoms with van der Waals surface area (Å²) in [5.74, 6) is -0.656. The molecule has 7 nitrogen and oxygen atoms in total. The molecule has 0 aromatic heterocycles. The second kappa shape index (κ2) is 13.8. The molecule has 0 saturated carbocycles. The lowest BCUT2D eigenvalue weighted by molar-refractivity contribution is -0.145. The van der Waals surface area contributed by atoms with Gasteiger partial charge in [0.15, 0.2) is 0 Å². The van der Waals surface area contributed by atoms with E-state index in [4.69, 9.17) is 9.47 Å². The quantitative estimate of drug-likeness (QED) is 0.401. The SMILES string of the molecule is COC(=O)[C@H](Cc1ccccc1)NC(=O)CCCCCNC(=O)OCc1ccccc1. The van der Waals surface area contributed by atoms with Crippen LogP contribution in [0.4, 0.5) is 4.79 Å². The zero-order valence-electron chi connectivity index (χ0n) is 17.8. The van der Waals surface area contributed by atoms with Crippen molar-refractivity contribution in [3.63, 3.8) is 0 Å². The lowest BCUT2D eigenvalue weighted by atomic mass is 10.1. The minimum absolute atomic E-state index is 0.193. The van der Waals surface area contributed by atoms with E-state index in [0.717, 1.165) is 24.0 Å². The third-order valence-corrected chi connectivity index (χ3v) is 4.67. The zero-order valence-corrected chi connectivity index (χ0v) is 17.8. The Morgan fingerprint density at radius 3 is 2.16 bits per heavy atom. The van der Waals surface area contributed by atoms with Crippen molar-refractivity contribution in [2.45, 2.75) is 44.8 Å². The number of alkyl carbamates (subject to hydrolysis) is 1. The average molecular weight is 427 g/mol. The van der Waals surface area contributed by atoms with E-state index >= 15 is 0 Å². The molecule has 31 heavy (non-hydrogen) atoms. The summed E-state index contributed by atoms with van der Waals surface area (Å²) in [6, 6.07) is 18.2. The predicted octanol–water partition coefficient (Wildman–Crippen LogP) is 3.37. The molecule has 166 valence electrons. The normalized spacial score (nSPS) is 11.3. The number of rotatable bonds is 12. The molecule has 2 rings (SSSR count). The van der Waals surface area contributed by atoms with Gasteiger partial charge >= 0.3 is 12.1 Å². The number of hydrogen-bond acceptors (Lipinski definition) is 5. The standard InChI is InChI=1S/C24H30N2O5/c1-30-23(28)21(17-19-11-5-2-6-12-19)26-22(27)15-9-4-10-16-25-24(29)31-18-20-13-7-3-8-14-20/h2-3,5-8,11-14,21H,4,9-10,15-18H2,1H3,(H,25,29)(H,26,27)/t21-/m0/s1. The molecule has 2 aromatic rings. The molecule has 0 aliphatic rings. The molecule has 1 atom stereocenters. The zero-order chi connectivity index (χ0) is 22.3. The van der Waals surface area contributed by atoms with Crippen LogP contribution in [0.3, 0.4) is 0 Å². The van der Waals surface area contributed by atoms with Crippen LogP contribution in [0.1, 0.15) is 36.8 Å². The van der Waals surface area contributed by atoms with E-state index in [1.165, 1.54) is 7.11 Å². The summed E-state index contributed by atoms with van der Waals surface area (Å²) in [4.78, 5) is 35.9. The van der Waals surface area contributed by atoms with E-state index in [2.05, 4.69) is 10.6 Å². The maximum atomic E-state index is 12.2. The van der Waals surface area contributed by atoms with Gasteiger partial charge in [-0.05, 0) is 24.0 Å². The van der Waals surface area contributed by atoms with Crippen LogP contribution in [-0.4, -0.2) is 37.7 Å². The molecule has 0 aliphatic heterocycles. The fourth-order valence-electron chi connectivity index (χ4n) is 3.00. The van der Waals surface area contributed by atoms with Crippen LogP contribution < -0.4 is 10.6 Å². The van der Waals surface area contributed by atoms with Gasteiger partial charge in [-0.2, -0.15) is 0 Å². The molecular formula is C24H30N2O5. The number of methoxy groups -OCH3 is 1. The van der Waals surface area contributed by atoms with Gasteiger partial charge in [-0.25, -0.2) is 9.59 Å². The Labute approximate surface area is 183 Å². The number of hydrogen-bond donors (Lipinski definition) is 2. The first kappa shape index (κ1) is 23.9. The van der Waals surface area contributed by atoms with Crippen molar-refractivity contribution in [2.75, 3.05) is 13.7 Å². The highest BCUT2D eigenvalue weighted by atomic mass is 16.5. The summed E-state index contributed by atoms with van der Waals surface area (Å²) in [6.45, 7) is 0.714. The van der Waals surface area contributed by atoms with Crippen LogP contribution in [-0.2, 0) is 32.1 Å². The molecule has 7 heteroatoms. The smallest absolute Gasteiger partial charge is 0.407 e. The van der Waals surface area contributed by atoms with Gasteiger partial charge in [0, 0.05) is 19.4 Å². The van der Waals surface area contributed by atoms with Crippen molar-refractivity contribution in [1.29, 1.82) is 0 Å². The summed E-state index contributed by atoms with van der Waals surface area (Å²) in [6.07, 6.45) is 2.40. The second-order valence-corrected chi connectivity index (χ2v) is 7.13. The number of amides is 2. The van der Waals surface area contributed by atoms with Gasteiger partial charge < -0.3 is 20.1 Å². The Hall–Kier alpha value is -3.35. The van der Waals surface area contributed by atoms with Gasteiger partial charge in [0.25, 0.3) is 0 Å². The topological polar surface area (TPSA) is 93.7 Å². The highest BCUT2D eigenvalue weighted by Gasteiger charge is 2.21. The van der Waals surface area contributed by atoms with Crippen LogP contribution in [0.5, 0.6) is 0 Å². The van der Waals surface area contributed by atoms with Crippen LogP contribution in [0.25, 0.3) is 0 Å². The first-order valence-electron chi connectivity index (χ1n) is 10.4. The fourth-order valence-corrected chi connectivity index (χ4v) is 3.00. The van der Waals surface area contributed by atoms with Gasteiger partial charge in [-0.15, -0.1) is 0 Å². The van der Waals surface area contributed by atoms with E-state index in [-0.39, 0.29) is 12.5 Å². The highest BCUT2D eigenvalue weighted by Crippen LogP contribution is 2.06. The predicted molar refractivity (Wildman–Crippen MR) is 117 cm³/mol. The van der Waals surface area contributed by atoms with Crippen molar-refractivity contribution in [1.82, 2.24) is 10.6 Å². The Bertz CT molecular complexity index is 811. The lowest BCUT2D eigenvalue weighted by Gasteiger charge is -2.16. The van der Waals surface area contributed by atoms with Crippen LogP contribution in [0, 0.1) is 0 Å². The van der Waals surface area contributed by atoms with E-state index in [1.54, 1.807) is 0 Å². The second-order valence-electron chi connectivity index (χ2n) is 7.13. The van der Waals surface area contributed by atoms with Crippen LogP contribution in [0.2, 0.25) is 0 Å². The van der Waals surface area contributed by atoms with Gasteiger partial charge in [0.05, 0.1) is 7.11 Å². The Kier molecular flexibility index (Phi) is 10.6. The van der Waals surface area contributed by atoms with Crippen molar-refractivity contribution in [2.24, 2.45) is 0 Å². The molecule has 0 aliphatic carbocycles. The van der Waals surface area contributed by atoms with Gasteiger partial charge in [-0.3, -0.25) is 4.79 Å². The van der Waals surface area contributed by atoms with Crippen molar-refractivity contribution < 1.29 is 23.9 Å². The molecule has 0 unspecified atom stereocenters. The van der Waals surface area contributed by atoms with E-state index in [1.807, 2.05) is 60.7 Å². The number of unbranched alkanes of at least 4 members (excludes halogenated alkanes) is 2. The summed E-state index contributed by atoms with van der Waals surface area (Å²) >= 11 is 0. The number of ether oxygens (including phenoxy) is 2. The molecule has 0 bridgehead atoms. The van der Waals surface area contributed by atoms with E-state index in [0.29, 0.717) is 25.8 Å². The first-order chi connectivity index (χ1) is 15.1. The van der Waals surface area contributed by atoms with Crippen molar-refractivity contribution in [3.8, 4) is 0 Å². The van der Waals surface area contributed by atoms with Crippen molar-refractivity contribution in [3.05, 3.63) is 71.8 Å². The molecule has 2 amide bonds. The minimum Gasteiger partial charge on any atom is -0.467 e. The lowest BCUT2D eigenvalue weighted by Crippen LogP contribution is -2.43. The number of carbonyl (C=O) groups is 3. The fraction of sp³-hybridized carbons (Fsp3) is 0.375. The Morgan fingerprint density at radius 2 is 1.52 bits per heavy atom. The number of benzene rings is 2. The number of nitrogens with one attached hydrogen (secondary N) is 2.